The second kappa shape index (κ2) is 7.77. The van der Waals surface area contributed by atoms with Crippen molar-refractivity contribution in [2.75, 3.05) is 32.1 Å². The van der Waals surface area contributed by atoms with Crippen LogP contribution < -0.4 is 10.2 Å². The van der Waals surface area contributed by atoms with E-state index in [4.69, 9.17) is 4.74 Å². The Morgan fingerprint density at radius 1 is 1.42 bits per heavy atom. The molecule has 3 heterocycles. The Labute approximate surface area is 143 Å². The Balaban J connectivity index is 1.61. The van der Waals surface area contributed by atoms with Gasteiger partial charge in [-0.2, -0.15) is 5.10 Å². The van der Waals surface area contributed by atoms with Crippen LogP contribution in [0, 0.1) is 5.92 Å². The number of pyridine rings is 1. The minimum Gasteiger partial charge on any atom is -0.376 e. The second-order valence-corrected chi connectivity index (χ2v) is 6.64. The van der Waals surface area contributed by atoms with Gasteiger partial charge in [-0.05, 0) is 25.0 Å². The average Bonchev–Trinajstić information content (AvgIpc) is 3.02. The summed E-state index contributed by atoms with van der Waals surface area (Å²) >= 11 is 0. The highest BCUT2D eigenvalue weighted by molar-refractivity contribution is 5.48. The van der Waals surface area contributed by atoms with Crippen molar-refractivity contribution in [1.82, 2.24) is 20.1 Å². The Kier molecular flexibility index (Phi) is 5.48. The monoisotopic (exact) mass is 329 g/mol. The lowest BCUT2D eigenvalue weighted by molar-refractivity contribution is -0.0279. The van der Waals surface area contributed by atoms with E-state index in [0.29, 0.717) is 5.92 Å². The molecule has 0 amide bonds. The van der Waals surface area contributed by atoms with Gasteiger partial charge >= 0.3 is 0 Å². The smallest absolute Gasteiger partial charge is 0.0895 e. The minimum absolute atomic E-state index is 0.136. The van der Waals surface area contributed by atoms with Gasteiger partial charge in [-0.15, -0.1) is 0 Å². The molecule has 130 valence electrons. The predicted molar refractivity (Wildman–Crippen MR) is 94.9 cm³/mol. The van der Waals surface area contributed by atoms with Crippen LogP contribution in [-0.2, 0) is 18.3 Å². The fourth-order valence-corrected chi connectivity index (χ4v) is 3.36. The molecular formula is C18H27N5O. The molecule has 1 aliphatic rings. The second-order valence-electron chi connectivity index (χ2n) is 6.64. The van der Waals surface area contributed by atoms with Gasteiger partial charge in [0.15, 0.2) is 0 Å². The van der Waals surface area contributed by atoms with Crippen molar-refractivity contribution in [3.63, 3.8) is 0 Å². The van der Waals surface area contributed by atoms with E-state index < -0.39 is 0 Å². The van der Waals surface area contributed by atoms with Gasteiger partial charge in [0.2, 0.25) is 0 Å². The minimum atomic E-state index is 0.136. The van der Waals surface area contributed by atoms with Gasteiger partial charge in [-0.3, -0.25) is 9.67 Å². The maximum atomic E-state index is 6.04. The summed E-state index contributed by atoms with van der Waals surface area (Å²) in [7, 11) is 6.05. The summed E-state index contributed by atoms with van der Waals surface area (Å²) in [5.41, 5.74) is 3.42. The molecular weight excluding hydrogens is 302 g/mol. The maximum absolute atomic E-state index is 6.04. The van der Waals surface area contributed by atoms with Crippen LogP contribution in [0.5, 0.6) is 0 Å². The zero-order chi connectivity index (χ0) is 16.9. The first-order valence-corrected chi connectivity index (χ1v) is 8.57. The highest BCUT2D eigenvalue weighted by Crippen LogP contribution is 2.33. The first kappa shape index (κ1) is 16.9. The number of anilines is 1. The van der Waals surface area contributed by atoms with Gasteiger partial charge in [0.1, 0.15) is 0 Å². The summed E-state index contributed by atoms with van der Waals surface area (Å²) in [5, 5.41) is 7.86. The quantitative estimate of drug-likeness (QED) is 0.880. The van der Waals surface area contributed by atoms with Gasteiger partial charge < -0.3 is 15.0 Å². The van der Waals surface area contributed by atoms with Crippen LogP contribution in [0.2, 0.25) is 0 Å². The molecule has 3 rings (SSSR count). The molecule has 0 aromatic carbocycles. The number of aryl methyl sites for hydroxylation is 1. The average molecular weight is 329 g/mol. The number of nitrogens with zero attached hydrogens (tertiary/aromatic N) is 4. The van der Waals surface area contributed by atoms with Crippen molar-refractivity contribution in [3.8, 4) is 0 Å². The molecule has 6 nitrogen and oxygen atoms in total. The van der Waals surface area contributed by atoms with E-state index in [2.05, 4.69) is 32.6 Å². The van der Waals surface area contributed by atoms with Gasteiger partial charge in [0.25, 0.3) is 0 Å². The van der Waals surface area contributed by atoms with Gasteiger partial charge in [0, 0.05) is 64.7 Å². The number of hydrogen-bond donors (Lipinski definition) is 1. The Morgan fingerprint density at radius 3 is 3.04 bits per heavy atom. The molecule has 0 unspecified atom stereocenters. The van der Waals surface area contributed by atoms with Crippen LogP contribution in [0.4, 0.5) is 5.69 Å². The summed E-state index contributed by atoms with van der Waals surface area (Å²) in [6, 6.07) is 4.08. The Morgan fingerprint density at radius 2 is 2.29 bits per heavy atom. The number of nitrogens with one attached hydrogen (secondary N) is 1. The summed E-state index contributed by atoms with van der Waals surface area (Å²) < 4.78 is 7.88. The van der Waals surface area contributed by atoms with Gasteiger partial charge in [-0.25, -0.2) is 0 Å². The first-order valence-electron chi connectivity index (χ1n) is 8.57. The largest absolute Gasteiger partial charge is 0.376 e. The first-order chi connectivity index (χ1) is 11.6. The fraction of sp³-hybridized carbons (Fsp3) is 0.556. The van der Waals surface area contributed by atoms with E-state index in [1.165, 1.54) is 12.0 Å². The molecule has 0 bridgehead atoms. The highest BCUT2D eigenvalue weighted by atomic mass is 16.5. The summed E-state index contributed by atoms with van der Waals surface area (Å²) in [6.45, 7) is 2.52. The third-order valence-electron chi connectivity index (χ3n) is 4.55. The van der Waals surface area contributed by atoms with Crippen molar-refractivity contribution in [2.45, 2.75) is 25.5 Å². The lowest BCUT2D eigenvalue weighted by Crippen LogP contribution is -2.32. The maximum Gasteiger partial charge on any atom is 0.0895 e. The van der Waals surface area contributed by atoms with E-state index in [0.717, 1.165) is 37.5 Å². The molecule has 1 saturated heterocycles. The molecule has 2 aromatic heterocycles. The third-order valence-corrected chi connectivity index (χ3v) is 4.55. The molecule has 0 spiro atoms. The summed E-state index contributed by atoms with van der Waals surface area (Å²) in [6.07, 6.45) is 8.27. The molecule has 0 aliphatic carbocycles. The number of hydrogen-bond acceptors (Lipinski definition) is 5. The standard InChI is InChI=1S/C18H27N5O/c1-22(2)17-7-4-8-20-16(17)12-19-10-14-6-5-9-24-18(14)15-11-21-23(3)13-15/h4,7-8,11,13-14,18-19H,5-6,9-10,12H2,1-3H3/t14-,18+/m0/s1. The Bertz CT molecular complexity index is 654. The van der Waals surface area contributed by atoms with Crippen LogP contribution in [0.1, 0.15) is 30.2 Å². The van der Waals surface area contributed by atoms with Crippen molar-refractivity contribution in [3.05, 3.63) is 42.0 Å². The number of ether oxygens (including phenoxy) is 1. The molecule has 0 radical (unpaired) electrons. The normalized spacial score (nSPS) is 21.0. The van der Waals surface area contributed by atoms with Crippen molar-refractivity contribution in [1.29, 1.82) is 0 Å². The number of aromatic nitrogens is 3. The SMILES string of the molecule is CN(C)c1cccnc1CNC[C@@H]1CCCO[C@H]1c1cnn(C)c1. The molecule has 1 N–H and O–H groups in total. The van der Waals surface area contributed by atoms with E-state index in [9.17, 15) is 0 Å². The van der Waals surface area contributed by atoms with Crippen LogP contribution in [0.3, 0.4) is 0 Å². The zero-order valence-corrected chi connectivity index (χ0v) is 14.8. The zero-order valence-electron chi connectivity index (χ0n) is 14.8. The molecule has 0 saturated carbocycles. The lowest BCUT2D eigenvalue weighted by Gasteiger charge is -2.31. The van der Waals surface area contributed by atoms with E-state index in [1.807, 2.05) is 44.3 Å². The molecule has 2 aromatic rings. The van der Waals surface area contributed by atoms with Crippen LogP contribution in [-0.4, -0.2) is 42.0 Å². The van der Waals surface area contributed by atoms with E-state index in [1.54, 1.807) is 0 Å². The molecule has 1 fully saturated rings. The van der Waals surface area contributed by atoms with Crippen molar-refractivity contribution < 1.29 is 4.74 Å². The van der Waals surface area contributed by atoms with Crippen LogP contribution in [0.15, 0.2) is 30.7 Å². The van der Waals surface area contributed by atoms with Crippen LogP contribution in [0.25, 0.3) is 0 Å². The molecule has 2 atom stereocenters. The van der Waals surface area contributed by atoms with Crippen molar-refractivity contribution in [2.24, 2.45) is 13.0 Å². The number of rotatable bonds is 6. The van der Waals surface area contributed by atoms with E-state index >= 15 is 0 Å². The molecule has 24 heavy (non-hydrogen) atoms. The summed E-state index contributed by atoms with van der Waals surface area (Å²) in [5.74, 6) is 0.467. The Hall–Kier alpha value is -1.92. The summed E-state index contributed by atoms with van der Waals surface area (Å²) in [4.78, 5) is 6.62. The topological polar surface area (TPSA) is 55.2 Å². The molecule has 1 aliphatic heterocycles. The van der Waals surface area contributed by atoms with Crippen molar-refractivity contribution >= 4 is 5.69 Å². The third kappa shape index (κ3) is 3.94. The van der Waals surface area contributed by atoms with Gasteiger partial charge in [-0.1, -0.05) is 0 Å². The highest BCUT2D eigenvalue weighted by Gasteiger charge is 2.28. The fourth-order valence-electron chi connectivity index (χ4n) is 3.36. The van der Waals surface area contributed by atoms with Gasteiger partial charge in [0.05, 0.1) is 23.7 Å². The lowest BCUT2D eigenvalue weighted by atomic mass is 9.91. The predicted octanol–water partition coefficient (Wildman–Crippen LogP) is 2.14. The van der Waals surface area contributed by atoms with E-state index in [-0.39, 0.29) is 6.10 Å². The molecule has 6 heteroatoms. The van der Waals surface area contributed by atoms with Crippen LogP contribution >= 0.6 is 0 Å².